The summed E-state index contributed by atoms with van der Waals surface area (Å²) in [7, 11) is 0. The van der Waals surface area contributed by atoms with Crippen molar-refractivity contribution < 1.29 is 4.42 Å². The molecular weight excluding hydrogens is 236 g/mol. The van der Waals surface area contributed by atoms with Crippen LogP contribution in [0.2, 0.25) is 0 Å². The van der Waals surface area contributed by atoms with Crippen LogP contribution >= 0.6 is 0 Å². The summed E-state index contributed by atoms with van der Waals surface area (Å²) in [6, 6.07) is 8.72. The molecule has 2 N–H and O–H groups in total. The Hall–Kier alpha value is -1.32. The van der Waals surface area contributed by atoms with E-state index in [1.54, 1.807) is 0 Å². The van der Waals surface area contributed by atoms with Crippen LogP contribution in [0.5, 0.6) is 0 Å². The van der Waals surface area contributed by atoms with E-state index in [0.717, 1.165) is 30.9 Å². The quantitative estimate of drug-likeness (QED) is 0.864. The van der Waals surface area contributed by atoms with Gasteiger partial charge in [0.05, 0.1) is 6.54 Å². The van der Waals surface area contributed by atoms with Gasteiger partial charge in [-0.1, -0.05) is 25.1 Å². The molecule has 0 fully saturated rings. The van der Waals surface area contributed by atoms with Crippen molar-refractivity contribution in [3.63, 3.8) is 0 Å². The molecule has 2 rings (SSSR count). The van der Waals surface area contributed by atoms with E-state index in [9.17, 15) is 0 Å². The highest BCUT2D eigenvalue weighted by molar-refractivity contribution is 5.82. The van der Waals surface area contributed by atoms with Crippen LogP contribution in [0.1, 0.15) is 38.5 Å². The summed E-state index contributed by atoms with van der Waals surface area (Å²) >= 11 is 0. The molecule has 3 nitrogen and oxygen atoms in total. The van der Waals surface area contributed by atoms with Crippen LogP contribution in [-0.4, -0.2) is 17.5 Å². The lowest BCUT2D eigenvalue weighted by Gasteiger charge is -2.25. The third-order valence-corrected chi connectivity index (χ3v) is 3.57. The smallest absolute Gasteiger partial charge is 0.134 e. The maximum absolute atomic E-state index is 5.86. The summed E-state index contributed by atoms with van der Waals surface area (Å²) in [5.41, 5.74) is 8.02. The number of furan rings is 1. The summed E-state index contributed by atoms with van der Waals surface area (Å²) in [6.07, 6.45) is 1.16. The number of para-hydroxylation sites is 1. The van der Waals surface area contributed by atoms with Crippen LogP contribution in [0.3, 0.4) is 0 Å². The molecule has 0 aliphatic rings. The number of nitrogens with zero attached hydrogens (tertiary/aromatic N) is 1. The molecule has 0 spiro atoms. The van der Waals surface area contributed by atoms with E-state index >= 15 is 0 Å². The molecule has 0 bridgehead atoms. The van der Waals surface area contributed by atoms with Crippen LogP contribution in [0.4, 0.5) is 0 Å². The van der Waals surface area contributed by atoms with E-state index in [0.29, 0.717) is 12.6 Å². The van der Waals surface area contributed by atoms with Crippen LogP contribution < -0.4 is 5.73 Å². The first-order valence-electron chi connectivity index (χ1n) is 7.10. The van der Waals surface area contributed by atoms with Crippen LogP contribution in [0, 0.1) is 0 Å². The summed E-state index contributed by atoms with van der Waals surface area (Å²) in [5, 5.41) is 1.20. The van der Waals surface area contributed by atoms with Gasteiger partial charge in [-0.3, -0.25) is 4.90 Å². The van der Waals surface area contributed by atoms with Crippen molar-refractivity contribution in [1.29, 1.82) is 0 Å². The molecule has 0 amide bonds. The number of hydrogen-bond donors (Lipinski definition) is 1. The van der Waals surface area contributed by atoms with Gasteiger partial charge in [0.1, 0.15) is 11.3 Å². The Balaban J connectivity index is 2.37. The van der Waals surface area contributed by atoms with Crippen molar-refractivity contribution in [3.8, 4) is 0 Å². The summed E-state index contributed by atoms with van der Waals surface area (Å²) in [4.78, 5) is 2.47. The molecule has 0 radical (unpaired) electrons. The fourth-order valence-corrected chi connectivity index (χ4v) is 2.50. The lowest BCUT2D eigenvalue weighted by Crippen LogP contribution is -2.31. The number of fused-ring (bicyclic) bond motifs is 1. The molecule has 0 saturated carbocycles. The first kappa shape index (κ1) is 14.1. The summed E-state index contributed by atoms with van der Waals surface area (Å²) < 4.78 is 5.86. The number of nitrogens with two attached hydrogens (primary N) is 1. The predicted molar refractivity (Wildman–Crippen MR) is 79.9 cm³/mol. The minimum atomic E-state index is 0.460. The van der Waals surface area contributed by atoms with Gasteiger partial charge >= 0.3 is 0 Å². The molecule has 0 aliphatic carbocycles. The number of hydrogen-bond acceptors (Lipinski definition) is 3. The zero-order chi connectivity index (χ0) is 13.8. The first-order valence-corrected chi connectivity index (χ1v) is 7.10. The molecule has 0 saturated heterocycles. The number of rotatable bonds is 6. The van der Waals surface area contributed by atoms with Crippen LogP contribution in [0.25, 0.3) is 11.0 Å². The Labute approximate surface area is 115 Å². The second-order valence-electron chi connectivity index (χ2n) is 5.27. The number of benzene rings is 1. The van der Waals surface area contributed by atoms with Crippen molar-refractivity contribution in [3.05, 3.63) is 35.6 Å². The Morgan fingerprint density at radius 2 is 2.00 bits per heavy atom. The monoisotopic (exact) mass is 260 g/mol. The Morgan fingerprint density at radius 1 is 1.26 bits per heavy atom. The fourth-order valence-electron chi connectivity index (χ4n) is 2.50. The first-order chi connectivity index (χ1) is 9.17. The van der Waals surface area contributed by atoms with E-state index in [1.807, 2.05) is 12.1 Å². The van der Waals surface area contributed by atoms with E-state index < -0.39 is 0 Å². The molecule has 0 aliphatic heterocycles. The average molecular weight is 260 g/mol. The zero-order valence-corrected chi connectivity index (χ0v) is 12.1. The van der Waals surface area contributed by atoms with Gasteiger partial charge < -0.3 is 10.2 Å². The van der Waals surface area contributed by atoms with Crippen LogP contribution in [-0.2, 0) is 13.1 Å². The molecular formula is C16H24N2O. The highest BCUT2D eigenvalue weighted by atomic mass is 16.3. The Morgan fingerprint density at radius 3 is 2.63 bits per heavy atom. The Kier molecular flexibility index (Phi) is 4.61. The minimum absolute atomic E-state index is 0.460. The van der Waals surface area contributed by atoms with Gasteiger partial charge in [-0.05, 0) is 32.9 Å². The lowest BCUT2D eigenvalue weighted by atomic mass is 10.1. The molecule has 0 atom stereocenters. The molecule has 0 unspecified atom stereocenters. The minimum Gasteiger partial charge on any atom is -0.459 e. The molecule has 1 aromatic carbocycles. The van der Waals surface area contributed by atoms with Crippen molar-refractivity contribution in [2.75, 3.05) is 6.54 Å². The van der Waals surface area contributed by atoms with Gasteiger partial charge in [-0.15, -0.1) is 0 Å². The van der Waals surface area contributed by atoms with Gasteiger partial charge in [0, 0.05) is 23.5 Å². The van der Waals surface area contributed by atoms with E-state index in [4.69, 9.17) is 10.2 Å². The lowest BCUT2D eigenvalue weighted by molar-refractivity contribution is 0.212. The Bertz CT molecular complexity index is 531. The van der Waals surface area contributed by atoms with E-state index in [-0.39, 0.29) is 0 Å². The highest BCUT2D eigenvalue weighted by Crippen LogP contribution is 2.27. The normalized spacial score (nSPS) is 11.9. The third kappa shape index (κ3) is 2.99. The molecule has 1 heterocycles. The average Bonchev–Trinajstić information content (AvgIpc) is 2.76. The van der Waals surface area contributed by atoms with Gasteiger partial charge in [-0.25, -0.2) is 0 Å². The maximum atomic E-state index is 5.86. The van der Waals surface area contributed by atoms with Gasteiger partial charge in [-0.2, -0.15) is 0 Å². The molecule has 19 heavy (non-hydrogen) atoms. The molecule has 1 aromatic heterocycles. The predicted octanol–water partition coefficient (Wildman–Crippen LogP) is 3.51. The zero-order valence-electron chi connectivity index (χ0n) is 12.1. The second kappa shape index (κ2) is 6.22. The molecule has 3 heteroatoms. The SMILES string of the molecule is CCCN(Cc1c(CN)oc2ccccc12)C(C)C. The molecule has 104 valence electrons. The second-order valence-corrected chi connectivity index (χ2v) is 5.27. The van der Waals surface area contributed by atoms with Gasteiger partial charge in [0.15, 0.2) is 0 Å². The van der Waals surface area contributed by atoms with Gasteiger partial charge in [0.25, 0.3) is 0 Å². The van der Waals surface area contributed by atoms with Gasteiger partial charge in [0.2, 0.25) is 0 Å². The van der Waals surface area contributed by atoms with E-state index in [2.05, 4.69) is 37.8 Å². The van der Waals surface area contributed by atoms with Crippen molar-refractivity contribution in [2.24, 2.45) is 5.73 Å². The van der Waals surface area contributed by atoms with Crippen molar-refractivity contribution in [1.82, 2.24) is 4.90 Å². The van der Waals surface area contributed by atoms with Crippen molar-refractivity contribution >= 4 is 11.0 Å². The molecule has 2 aromatic rings. The summed E-state index contributed by atoms with van der Waals surface area (Å²) in [6.45, 7) is 9.16. The highest BCUT2D eigenvalue weighted by Gasteiger charge is 2.17. The van der Waals surface area contributed by atoms with E-state index in [1.165, 1.54) is 10.9 Å². The third-order valence-electron chi connectivity index (χ3n) is 3.57. The largest absolute Gasteiger partial charge is 0.459 e. The van der Waals surface area contributed by atoms with Crippen molar-refractivity contribution in [2.45, 2.75) is 46.3 Å². The fraction of sp³-hybridized carbons (Fsp3) is 0.500. The maximum Gasteiger partial charge on any atom is 0.134 e. The topological polar surface area (TPSA) is 42.4 Å². The summed E-state index contributed by atoms with van der Waals surface area (Å²) in [5.74, 6) is 0.919. The van der Waals surface area contributed by atoms with Crippen LogP contribution in [0.15, 0.2) is 28.7 Å². The standard InChI is InChI=1S/C16H24N2O/c1-4-9-18(12(2)3)11-14-13-7-5-6-8-15(13)19-16(14)10-17/h5-8,12H,4,9-11,17H2,1-3H3.